The predicted molar refractivity (Wildman–Crippen MR) is 140 cm³/mol. The molecule has 2 aromatic rings. The van der Waals surface area contributed by atoms with Gasteiger partial charge in [-0.05, 0) is 56.5 Å². The maximum absolute atomic E-state index is 14.3. The number of allylic oxidation sites excluding steroid dienone is 1. The van der Waals surface area contributed by atoms with Crippen molar-refractivity contribution in [2.24, 2.45) is 16.8 Å². The van der Waals surface area contributed by atoms with E-state index in [1.807, 2.05) is 18.2 Å². The van der Waals surface area contributed by atoms with Crippen molar-refractivity contribution >= 4 is 35.0 Å². The highest BCUT2D eigenvalue weighted by molar-refractivity contribution is 6.31. The number of Topliss-reactive ketones (excluding diaryl/α,β-unsaturated/α-hetero) is 1. The third-order valence-corrected chi connectivity index (χ3v) is 7.29. The van der Waals surface area contributed by atoms with Crippen LogP contribution in [0.1, 0.15) is 50.2 Å². The van der Waals surface area contributed by atoms with Crippen molar-refractivity contribution in [2.45, 2.75) is 39.0 Å². The highest BCUT2D eigenvalue weighted by Crippen LogP contribution is 2.49. The van der Waals surface area contributed by atoms with Crippen LogP contribution in [0.25, 0.3) is 0 Å². The molecule has 8 heteroatoms. The Kier molecular flexibility index (Phi) is 8.13. The van der Waals surface area contributed by atoms with Gasteiger partial charge in [0, 0.05) is 28.3 Å². The van der Waals surface area contributed by atoms with E-state index >= 15 is 0 Å². The summed E-state index contributed by atoms with van der Waals surface area (Å²) >= 11 is 6.61. The lowest BCUT2D eigenvalue weighted by Crippen LogP contribution is -2.48. The Morgan fingerprint density at radius 2 is 1.76 bits per heavy atom. The first-order valence-corrected chi connectivity index (χ1v) is 12.7. The van der Waals surface area contributed by atoms with Gasteiger partial charge in [-0.1, -0.05) is 41.9 Å². The summed E-state index contributed by atoms with van der Waals surface area (Å²) in [5.74, 6) is -4.06. The molecule has 0 saturated heterocycles. The molecule has 1 aliphatic heterocycles. The van der Waals surface area contributed by atoms with Gasteiger partial charge < -0.3 is 14.2 Å². The number of nitrogens with zero attached hydrogens (tertiary/aromatic N) is 1. The molecule has 4 atom stereocenters. The molecule has 2 aromatic carbocycles. The molecule has 7 nitrogen and oxygen atoms in total. The molecule has 194 valence electrons. The molecule has 0 bridgehead atoms. The van der Waals surface area contributed by atoms with Gasteiger partial charge in [-0.3, -0.25) is 14.6 Å². The number of carbonyl (C=O) groups is 3. The molecular weight excluding hydrogens is 494 g/mol. The SMILES string of the molecule is CCOC(=O)C1=C(C)N=C2CC(c3cccc(OC)c3)C(C(=O)OCC)C(=O)C2C1c1ccccc1Cl. The van der Waals surface area contributed by atoms with Crippen LogP contribution in [-0.4, -0.2) is 43.8 Å². The summed E-state index contributed by atoms with van der Waals surface area (Å²) < 4.78 is 16.1. The van der Waals surface area contributed by atoms with Gasteiger partial charge in [0.25, 0.3) is 0 Å². The summed E-state index contributed by atoms with van der Waals surface area (Å²) in [5.41, 5.74) is 2.74. The largest absolute Gasteiger partial charge is 0.497 e. The number of fused-ring (bicyclic) bond motifs is 1. The van der Waals surface area contributed by atoms with Gasteiger partial charge in [0.2, 0.25) is 0 Å². The highest BCUT2D eigenvalue weighted by Gasteiger charge is 2.53. The minimum absolute atomic E-state index is 0.139. The van der Waals surface area contributed by atoms with Gasteiger partial charge in [0.05, 0.1) is 31.8 Å². The fraction of sp³-hybridized carbons (Fsp3) is 0.379. The maximum atomic E-state index is 14.3. The minimum atomic E-state index is -1.08. The number of ether oxygens (including phenoxy) is 3. The van der Waals surface area contributed by atoms with E-state index in [2.05, 4.69) is 0 Å². The quantitative estimate of drug-likeness (QED) is 0.362. The number of hydrogen-bond donors (Lipinski definition) is 0. The van der Waals surface area contributed by atoms with E-state index in [1.54, 1.807) is 58.2 Å². The third kappa shape index (κ3) is 5.05. The topological polar surface area (TPSA) is 91.3 Å². The summed E-state index contributed by atoms with van der Waals surface area (Å²) in [6.07, 6.45) is 0.335. The van der Waals surface area contributed by atoms with Gasteiger partial charge in [-0.15, -0.1) is 0 Å². The zero-order chi connectivity index (χ0) is 26.7. The Balaban J connectivity index is 1.91. The van der Waals surface area contributed by atoms with Crippen LogP contribution in [0.5, 0.6) is 5.75 Å². The molecule has 4 rings (SSSR count). The molecule has 1 fully saturated rings. The van der Waals surface area contributed by atoms with Crippen molar-refractivity contribution in [3.05, 3.63) is 76.0 Å². The van der Waals surface area contributed by atoms with Crippen LogP contribution in [0.15, 0.2) is 64.8 Å². The maximum Gasteiger partial charge on any atom is 0.336 e. The molecule has 0 N–H and O–H groups in total. The molecule has 0 aromatic heterocycles. The number of halogens is 1. The number of aliphatic imine (C=N–C) groups is 1. The van der Waals surface area contributed by atoms with E-state index in [9.17, 15) is 14.4 Å². The number of methoxy groups -OCH3 is 1. The zero-order valence-electron chi connectivity index (χ0n) is 21.3. The van der Waals surface area contributed by atoms with Crippen molar-refractivity contribution in [1.82, 2.24) is 0 Å². The zero-order valence-corrected chi connectivity index (χ0v) is 22.1. The van der Waals surface area contributed by atoms with Crippen LogP contribution < -0.4 is 4.74 Å². The van der Waals surface area contributed by atoms with Crippen LogP contribution in [-0.2, 0) is 23.9 Å². The number of esters is 2. The van der Waals surface area contributed by atoms with Crippen LogP contribution >= 0.6 is 11.6 Å². The number of carbonyl (C=O) groups excluding carboxylic acids is 3. The van der Waals surface area contributed by atoms with Gasteiger partial charge in [0.1, 0.15) is 11.7 Å². The molecule has 4 unspecified atom stereocenters. The molecular formula is C29H30ClNO6. The number of benzene rings is 2. The van der Waals surface area contributed by atoms with E-state index in [-0.39, 0.29) is 24.6 Å². The van der Waals surface area contributed by atoms with E-state index in [1.165, 1.54) is 0 Å². The molecule has 0 radical (unpaired) electrons. The predicted octanol–water partition coefficient (Wildman–Crippen LogP) is 5.28. The fourth-order valence-corrected chi connectivity index (χ4v) is 5.66. The lowest BCUT2D eigenvalue weighted by Gasteiger charge is -2.41. The average Bonchev–Trinajstić information content (AvgIpc) is 2.88. The first-order chi connectivity index (χ1) is 17.8. The summed E-state index contributed by atoms with van der Waals surface area (Å²) in [5, 5.41) is 0.416. The first kappa shape index (κ1) is 26.6. The standard InChI is InChI=1S/C29H30ClNO6/c1-5-36-28(33)23-16(3)31-22-15-20(17-10-9-11-18(14-17)35-4)25(29(34)37-6-2)27(32)26(22)24(23)19-12-7-8-13-21(19)30/h7-14,20,24-26H,5-6,15H2,1-4H3. The first-order valence-electron chi connectivity index (χ1n) is 12.4. The van der Waals surface area contributed by atoms with Crippen LogP contribution in [0.4, 0.5) is 0 Å². The van der Waals surface area contributed by atoms with E-state index in [0.717, 1.165) is 5.56 Å². The van der Waals surface area contributed by atoms with E-state index < -0.39 is 35.6 Å². The molecule has 1 saturated carbocycles. The normalized spacial score (nSPS) is 23.2. The Morgan fingerprint density at radius 1 is 1.03 bits per heavy atom. The van der Waals surface area contributed by atoms with Crippen LogP contribution in [0, 0.1) is 11.8 Å². The lowest BCUT2D eigenvalue weighted by atomic mass is 9.62. The van der Waals surface area contributed by atoms with Gasteiger partial charge in [-0.25, -0.2) is 4.79 Å². The smallest absolute Gasteiger partial charge is 0.336 e. The van der Waals surface area contributed by atoms with Crippen molar-refractivity contribution in [3.8, 4) is 5.75 Å². The molecule has 1 heterocycles. The monoisotopic (exact) mass is 523 g/mol. The second kappa shape index (κ2) is 11.3. The van der Waals surface area contributed by atoms with E-state index in [0.29, 0.717) is 34.2 Å². The average molecular weight is 524 g/mol. The molecule has 1 aliphatic carbocycles. The minimum Gasteiger partial charge on any atom is -0.497 e. The van der Waals surface area contributed by atoms with Gasteiger partial charge in [-0.2, -0.15) is 0 Å². The number of hydrogen-bond acceptors (Lipinski definition) is 7. The van der Waals surface area contributed by atoms with Crippen molar-refractivity contribution in [2.75, 3.05) is 20.3 Å². The molecule has 0 amide bonds. The van der Waals surface area contributed by atoms with Crippen LogP contribution in [0.3, 0.4) is 0 Å². The van der Waals surface area contributed by atoms with Gasteiger partial charge >= 0.3 is 11.9 Å². The molecule has 0 spiro atoms. The fourth-order valence-electron chi connectivity index (χ4n) is 5.41. The second-order valence-electron chi connectivity index (χ2n) is 9.02. The number of rotatable bonds is 7. The third-order valence-electron chi connectivity index (χ3n) is 6.95. The second-order valence-corrected chi connectivity index (χ2v) is 9.43. The highest BCUT2D eigenvalue weighted by atomic mass is 35.5. The Labute approximate surface area is 221 Å². The summed E-state index contributed by atoms with van der Waals surface area (Å²) in [7, 11) is 1.56. The Bertz CT molecular complexity index is 1280. The molecule has 37 heavy (non-hydrogen) atoms. The van der Waals surface area contributed by atoms with Crippen molar-refractivity contribution in [1.29, 1.82) is 0 Å². The Morgan fingerprint density at radius 3 is 2.43 bits per heavy atom. The van der Waals surface area contributed by atoms with Crippen molar-refractivity contribution < 1.29 is 28.6 Å². The summed E-state index contributed by atoms with van der Waals surface area (Å²) in [6.45, 7) is 5.47. The Hall–Kier alpha value is -3.45. The number of ketones is 1. The summed E-state index contributed by atoms with van der Waals surface area (Å²) in [6, 6.07) is 14.4. The molecule has 2 aliphatic rings. The summed E-state index contributed by atoms with van der Waals surface area (Å²) in [4.78, 5) is 45.5. The van der Waals surface area contributed by atoms with Gasteiger partial charge in [0.15, 0.2) is 5.78 Å². The lowest BCUT2D eigenvalue weighted by molar-refractivity contribution is -0.153. The van der Waals surface area contributed by atoms with Crippen LogP contribution in [0.2, 0.25) is 5.02 Å². The van der Waals surface area contributed by atoms with E-state index in [4.69, 9.17) is 30.8 Å². The van der Waals surface area contributed by atoms with Crippen molar-refractivity contribution in [3.63, 3.8) is 0 Å².